The molecule has 9 heteroatoms. The fraction of sp³-hybridized carbons (Fsp3) is 0.158. The largest absolute Gasteiger partial charge is 0.486 e. The third-order valence-corrected chi connectivity index (χ3v) is 4.79. The Morgan fingerprint density at radius 2 is 1.75 bits per heavy atom. The van der Waals surface area contributed by atoms with Crippen LogP contribution in [0.2, 0.25) is 0 Å². The van der Waals surface area contributed by atoms with Gasteiger partial charge in [0.1, 0.15) is 13.2 Å². The molecule has 1 aromatic heterocycles. The van der Waals surface area contributed by atoms with Gasteiger partial charge in [-0.25, -0.2) is 4.98 Å². The first-order valence-electron chi connectivity index (χ1n) is 8.24. The van der Waals surface area contributed by atoms with E-state index in [9.17, 15) is 18.0 Å². The molecule has 3 aromatic rings. The molecule has 144 valence electrons. The van der Waals surface area contributed by atoms with Crippen molar-refractivity contribution in [3.05, 3.63) is 59.0 Å². The number of ether oxygens (including phenoxy) is 2. The molecule has 4 rings (SSSR count). The molecule has 1 amide bonds. The SMILES string of the molecule is O=C(Nc1nc(-c2ccc3c(c2)OCCO3)cs1)c1ccc(C(F)(F)F)cc1. The summed E-state index contributed by atoms with van der Waals surface area (Å²) < 4.78 is 48.9. The third-order valence-electron chi connectivity index (χ3n) is 4.04. The molecule has 1 N–H and O–H groups in total. The van der Waals surface area contributed by atoms with Gasteiger partial charge in [-0.15, -0.1) is 11.3 Å². The molecule has 0 spiro atoms. The molecule has 2 aromatic carbocycles. The van der Waals surface area contributed by atoms with Crippen LogP contribution >= 0.6 is 11.3 Å². The predicted octanol–water partition coefficient (Wildman–Crippen LogP) is 4.85. The molecular formula is C19H13F3N2O3S. The summed E-state index contributed by atoms with van der Waals surface area (Å²) in [7, 11) is 0. The van der Waals surface area contributed by atoms with E-state index in [1.54, 1.807) is 11.4 Å². The van der Waals surface area contributed by atoms with Gasteiger partial charge in [-0.3, -0.25) is 10.1 Å². The number of fused-ring (bicyclic) bond motifs is 1. The quantitative estimate of drug-likeness (QED) is 0.675. The van der Waals surface area contributed by atoms with Crippen molar-refractivity contribution in [1.82, 2.24) is 4.98 Å². The van der Waals surface area contributed by atoms with Crippen molar-refractivity contribution in [2.24, 2.45) is 0 Å². The molecule has 0 saturated heterocycles. The molecule has 0 radical (unpaired) electrons. The number of thiazole rings is 1. The van der Waals surface area contributed by atoms with Gasteiger partial charge in [0, 0.05) is 16.5 Å². The smallest absolute Gasteiger partial charge is 0.416 e. The highest BCUT2D eigenvalue weighted by Gasteiger charge is 2.30. The second-order valence-corrected chi connectivity index (χ2v) is 6.78. The van der Waals surface area contributed by atoms with Crippen molar-refractivity contribution < 1.29 is 27.4 Å². The van der Waals surface area contributed by atoms with Crippen LogP contribution in [0.1, 0.15) is 15.9 Å². The number of nitrogens with zero attached hydrogens (tertiary/aromatic N) is 1. The lowest BCUT2D eigenvalue weighted by Gasteiger charge is -2.18. The number of hydrogen-bond donors (Lipinski definition) is 1. The van der Waals surface area contributed by atoms with Gasteiger partial charge in [0.25, 0.3) is 5.91 Å². The van der Waals surface area contributed by atoms with Crippen LogP contribution in [0.5, 0.6) is 11.5 Å². The highest BCUT2D eigenvalue weighted by Crippen LogP contribution is 2.35. The summed E-state index contributed by atoms with van der Waals surface area (Å²) in [5.74, 6) is 0.768. The Hall–Kier alpha value is -3.07. The van der Waals surface area contributed by atoms with E-state index < -0.39 is 17.6 Å². The van der Waals surface area contributed by atoms with Crippen molar-refractivity contribution in [1.29, 1.82) is 0 Å². The lowest BCUT2D eigenvalue weighted by molar-refractivity contribution is -0.137. The summed E-state index contributed by atoms with van der Waals surface area (Å²) in [5, 5.41) is 4.71. The highest BCUT2D eigenvalue weighted by molar-refractivity contribution is 7.14. The molecule has 1 aliphatic heterocycles. The summed E-state index contributed by atoms with van der Waals surface area (Å²) >= 11 is 1.22. The number of rotatable bonds is 3. The minimum atomic E-state index is -4.44. The molecular weight excluding hydrogens is 393 g/mol. The Labute approximate surface area is 161 Å². The normalized spacial score (nSPS) is 13.2. The Morgan fingerprint density at radius 1 is 1.04 bits per heavy atom. The van der Waals surface area contributed by atoms with Gasteiger partial charge in [0.2, 0.25) is 0 Å². The van der Waals surface area contributed by atoms with Crippen molar-refractivity contribution in [3.63, 3.8) is 0 Å². The number of amides is 1. The molecule has 28 heavy (non-hydrogen) atoms. The average Bonchev–Trinajstić information content (AvgIpc) is 3.15. The second-order valence-electron chi connectivity index (χ2n) is 5.93. The number of nitrogens with one attached hydrogen (secondary N) is 1. The lowest BCUT2D eigenvalue weighted by Crippen LogP contribution is -2.15. The number of anilines is 1. The first-order chi connectivity index (χ1) is 13.4. The molecule has 0 aliphatic carbocycles. The number of carbonyl (C=O) groups is 1. The number of hydrogen-bond acceptors (Lipinski definition) is 5. The summed E-state index contributed by atoms with van der Waals surface area (Å²) in [6.07, 6.45) is -4.44. The molecule has 2 heterocycles. The van der Waals surface area contributed by atoms with E-state index in [4.69, 9.17) is 9.47 Å². The van der Waals surface area contributed by atoms with E-state index in [0.29, 0.717) is 35.5 Å². The Morgan fingerprint density at radius 3 is 2.46 bits per heavy atom. The first-order valence-corrected chi connectivity index (χ1v) is 9.12. The van der Waals surface area contributed by atoms with Crippen molar-refractivity contribution in [2.45, 2.75) is 6.18 Å². The monoisotopic (exact) mass is 406 g/mol. The van der Waals surface area contributed by atoms with E-state index in [2.05, 4.69) is 10.3 Å². The number of halogens is 3. The fourth-order valence-electron chi connectivity index (χ4n) is 2.65. The Balaban J connectivity index is 1.48. The van der Waals surface area contributed by atoms with E-state index in [1.807, 2.05) is 12.1 Å². The maximum absolute atomic E-state index is 12.6. The van der Waals surface area contributed by atoms with Crippen LogP contribution in [0.25, 0.3) is 11.3 Å². The van der Waals surface area contributed by atoms with Gasteiger partial charge < -0.3 is 9.47 Å². The highest BCUT2D eigenvalue weighted by atomic mass is 32.1. The van der Waals surface area contributed by atoms with Crippen LogP contribution in [0.4, 0.5) is 18.3 Å². The standard InChI is InChI=1S/C19H13F3N2O3S/c20-19(21,22)13-4-1-11(2-5-13)17(25)24-18-23-14(10-28-18)12-3-6-15-16(9-12)27-8-7-26-15/h1-6,9-10H,7-8H2,(H,23,24,25). The number of carbonyl (C=O) groups excluding carboxylic acids is 1. The van der Waals surface area contributed by atoms with Gasteiger partial charge in [0.05, 0.1) is 11.3 Å². The number of aromatic nitrogens is 1. The molecule has 0 bridgehead atoms. The predicted molar refractivity (Wildman–Crippen MR) is 97.9 cm³/mol. The van der Waals surface area contributed by atoms with Crippen LogP contribution in [-0.2, 0) is 6.18 Å². The zero-order chi connectivity index (χ0) is 19.7. The van der Waals surface area contributed by atoms with E-state index in [-0.39, 0.29) is 5.56 Å². The van der Waals surface area contributed by atoms with Crippen LogP contribution in [-0.4, -0.2) is 24.1 Å². The summed E-state index contributed by atoms with van der Waals surface area (Å²) in [6.45, 7) is 0.977. The fourth-order valence-corrected chi connectivity index (χ4v) is 3.36. The molecule has 5 nitrogen and oxygen atoms in total. The first kappa shape index (κ1) is 18.3. The Bertz CT molecular complexity index is 1020. The van der Waals surface area contributed by atoms with Gasteiger partial charge in [0.15, 0.2) is 16.6 Å². The minimum absolute atomic E-state index is 0.115. The lowest BCUT2D eigenvalue weighted by atomic mass is 10.1. The maximum atomic E-state index is 12.6. The van der Waals surface area contributed by atoms with Crippen molar-refractivity contribution in [2.75, 3.05) is 18.5 Å². The van der Waals surface area contributed by atoms with Crippen molar-refractivity contribution >= 4 is 22.4 Å². The van der Waals surface area contributed by atoms with Crippen LogP contribution in [0.3, 0.4) is 0 Å². The molecule has 0 saturated carbocycles. The van der Waals surface area contributed by atoms with Crippen LogP contribution in [0, 0.1) is 0 Å². The van der Waals surface area contributed by atoms with Gasteiger partial charge in [-0.1, -0.05) is 0 Å². The van der Waals surface area contributed by atoms with Gasteiger partial charge in [-0.2, -0.15) is 13.2 Å². The van der Waals surface area contributed by atoms with Crippen LogP contribution in [0.15, 0.2) is 47.8 Å². The molecule has 0 atom stereocenters. The second kappa shape index (κ2) is 7.16. The summed E-state index contributed by atoms with van der Waals surface area (Å²) in [5.41, 5.74) is 0.753. The molecule has 1 aliphatic rings. The van der Waals surface area contributed by atoms with Gasteiger partial charge in [-0.05, 0) is 42.5 Å². The van der Waals surface area contributed by atoms with E-state index in [1.165, 1.54) is 11.3 Å². The molecule has 0 fully saturated rings. The zero-order valence-electron chi connectivity index (χ0n) is 14.2. The van der Waals surface area contributed by atoms with Gasteiger partial charge >= 0.3 is 6.18 Å². The minimum Gasteiger partial charge on any atom is -0.486 e. The molecule has 0 unspecified atom stereocenters. The summed E-state index contributed by atoms with van der Waals surface area (Å²) in [4.78, 5) is 16.6. The van der Waals surface area contributed by atoms with E-state index in [0.717, 1.165) is 29.8 Å². The summed E-state index contributed by atoms with van der Waals surface area (Å²) in [6, 6.07) is 9.45. The van der Waals surface area contributed by atoms with E-state index >= 15 is 0 Å². The topological polar surface area (TPSA) is 60.5 Å². The number of alkyl halides is 3. The van der Waals surface area contributed by atoms with Crippen LogP contribution < -0.4 is 14.8 Å². The third kappa shape index (κ3) is 3.79. The Kier molecular flexibility index (Phi) is 4.68. The maximum Gasteiger partial charge on any atom is 0.416 e. The zero-order valence-corrected chi connectivity index (χ0v) is 15.1. The van der Waals surface area contributed by atoms with Crippen molar-refractivity contribution in [3.8, 4) is 22.8 Å². The average molecular weight is 406 g/mol. The number of benzene rings is 2.